The van der Waals surface area contributed by atoms with Gasteiger partial charge in [-0.25, -0.2) is 9.69 Å². The molecule has 0 unspecified atom stereocenters. The molecular weight excluding hydrogens is 489 g/mol. The molecular formula is C23H16ClF3N4O4. The predicted octanol–water partition coefficient (Wildman–Crippen LogP) is 4.85. The number of halogens is 4. The van der Waals surface area contributed by atoms with E-state index in [-0.39, 0.29) is 18.8 Å². The largest absolute Gasteiger partial charge is 0.573 e. The molecule has 4 amide bonds. The predicted molar refractivity (Wildman–Crippen MR) is 120 cm³/mol. The lowest BCUT2D eigenvalue weighted by atomic mass is 10.1. The molecule has 1 aromatic heterocycles. The van der Waals surface area contributed by atoms with E-state index in [9.17, 15) is 27.6 Å². The first-order chi connectivity index (χ1) is 16.6. The molecule has 180 valence electrons. The normalized spacial score (nSPS) is 13.8. The zero-order chi connectivity index (χ0) is 25.2. The van der Waals surface area contributed by atoms with Crippen molar-refractivity contribution in [2.45, 2.75) is 12.9 Å². The van der Waals surface area contributed by atoms with Crippen LogP contribution in [0.25, 0.3) is 0 Å². The highest BCUT2D eigenvalue weighted by Gasteiger charge is 2.37. The molecule has 1 fully saturated rings. The van der Waals surface area contributed by atoms with E-state index in [1.54, 1.807) is 24.3 Å². The maximum absolute atomic E-state index is 12.9. The van der Waals surface area contributed by atoms with E-state index in [0.29, 0.717) is 21.8 Å². The first-order valence-corrected chi connectivity index (χ1v) is 10.5. The van der Waals surface area contributed by atoms with E-state index in [1.165, 1.54) is 35.5 Å². The fourth-order valence-electron chi connectivity index (χ4n) is 3.43. The van der Waals surface area contributed by atoms with E-state index in [1.807, 2.05) is 0 Å². The Kier molecular flexibility index (Phi) is 6.61. The van der Waals surface area contributed by atoms with Gasteiger partial charge in [0.15, 0.2) is 0 Å². The second-order valence-corrected chi connectivity index (χ2v) is 7.84. The molecule has 4 rings (SSSR count). The van der Waals surface area contributed by atoms with Crippen LogP contribution < -0.4 is 15.0 Å². The summed E-state index contributed by atoms with van der Waals surface area (Å²) < 4.78 is 40.9. The Balaban J connectivity index is 1.48. The number of carbonyl (C=O) groups is 3. The van der Waals surface area contributed by atoms with Crippen LogP contribution in [0.3, 0.4) is 0 Å². The molecule has 12 heteroatoms. The number of amides is 4. The average molecular weight is 505 g/mol. The molecule has 1 saturated heterocycles. The Morgan fingerprint density at radius 1 is 1.11 bits per heavy atom. The van der Waals surface area contributed by atoms with Crippen LogP contribution >= 0.6 is 11.6 Å². The molecule has 2 heterocycles. The summed E-state index contributed by atoms with van der Waals surface area (Å²) in [6.07, 6.45) is -1.97. The van der Waals surface area contributed by atoms with Crippen LogP contribution in [0.2, 0.25) is 5.02 Å². The number of pyridine rings is 1. The highest BCUT2D eigenvalue weighted by atomic mass is 35.5. The van der Waals surface area contributed by atoms with E-state index < -0.39 is 30.0 Å². The number of aromatic nitrogens is 1. The van der Waals surface area contributed by atoms with Crippen LogP contribution in [-0.2, 0) is 11.3 Å². The van der Waals surface area contributed by atoms with Gasteiger partial charge in [0.25, 0.3) is 11.8 Å². The van der Waals surface area contributed by atoms with Crippen LogP contribution in [0.1, 0.15) is 15.9 Å². The van der Waals surface area contributed by atoms with Gasteiger partial charge in [0.05, 0.1) is 24.1 Å². The number of benzene rings is 2. The second kappa shape index (κ2) is 9.63. The zero-order valence-corrected chi connectivity index (χ0v) is 18.5. The number of nitrogens with one attached hydrogen (secondary N) is 1. The average Bonchev–Trinajstić information content (AvgIpc) is 3.07. The summed E-state index contributed by atoms with van der Waals surface area (Å²) in [4.78, 5) is 44.2. The topological polar surface area (TPSA) is 91.8 Å². The van der Waals surface area contributed by atoms with Gasteiger partial charge in [-0.05, 0) is 54.1 Å². The van der Waals surface area contributed by atoms with Crippen LogP contribution in [0.4, 0.5) is 29.3 Å². The maximum atomic E-state index is 12.9. The molecule has 3 aromatic rings. The smallest absolute Gasteiger partial charge is 0.406 e. The minimum Gasteiger partial charge on any atom is -0.406 e. The summed E-state index contributed by atoms with van der Waals surface area (Å²) in [5.74, 6) is -1.47. The molecule has 0 saturated carbocycles. The molecule has 8 nitrogen and oxygen atoms in total. The molecule has 2 aromatic carbocycles. The lowest BCUT2D eigenvalue weighted by molar-refractivity contribution is -0.274. The van der Waals surface area contributed by atoms with Crippen LogP contribution in [0.15, 0.2) is 67.0 Å². The molecule has 0 spiro atoms. The van der Waals surface area contributed by atoms with Gasteiger partial charge in [0, 0.05) is 16.8 Å². The number of ether oxygens (including phenoxy) is 1. The van der Waals surface area contributed by atoms with Crippen LogP contribution in [-0.4, -0.2) is 40.6 Å². The van der Waals surface area contributed by atoms with Crippen LogP contribution in [0.5, 0.6) is 5.75 Å². The summed E-state index contributed by atoms with van der Waals surface area (Å²) >= 11 is 5.94. The van der Waals surface area contributed by atoms with Crippen molar-refractivity contribution >= 4 is 40.8 Å². The summed E-state index contributed by atoms with van der Waals surface area (Å²) in [6.45, 7) is -0.284. The molecule has 0 atom stereocenters. The van der Waals surface area contributed by atoms with Gasteiger partial charge in [-0.1, -0.05) is 17.7 Å². The Bertz CT molecular complexity index is 1280. The van der Waals surface area contributed by atoms with Crippen molar-refractivity contribution in [3.63, 3.8) is 0 Å². The standard InChI is InChI=1S/C23H16ClF3N4O4/c24-16-3-1-2-14(10-16)21(33)29-19-11-28-9-8-15(19)12-30-13-20(32)31(22(30)34)17-4-6-18(7-5-17)35-23(25,26)27/h1-11H,12-13H2,(H,29,33). The minimum atomic E-state index is -4.86. The number of rotatable bonds is 6. The molecule has 0 bridgehead atoms. The Labute approximate surface area is 201 Å². The molecule has 0 aliphatic carbocycles. The van der Waals surface area contributed by atoms with Gasteiger partial charge in [-0.2, -0.15) is 0 Å². The number of carbonyl (C=O) groups excluding carboxylic acids is 3. The first-order valence-electron chi connectivity index (χ1n) is 10.1. The number of imide groups is 1. The fourth-order valence-corrected chi connectivity index (χ4v) is 3.62. The summed E-state index contributed by atoms with van der Waals surface area (Å²) in [6, 6.07) is 11.7. The van der Waals surface area contributed by atoms with Gasteiger partial charge >= 0.3 is 12.4 Å². The molecule has 0 radical (unpaired) electrons. The Morgan fingerprint density at radius 2 is 1.86 bits per heavy atom. The maximum Gasteiger partial charge on any atom is 0.573 e. The quantitative estimate of drug-likeness (QED) is 0.484. The van der Waals surface area contributed by atoms with Crippen molar-refractivity contribution in [2.24, 2.45) is 0 Å². The fraction of sp³-hybridized carbons (Fsp3) is 0.130. The third kappa shape index (κ3) is 5.69. The van der Waals surface area contributed by atoms with E-state index in [2.05, 4.69) is 15.0 Å². The van der Waals surface area contributed by atoms with Gasteiger partial charge in [0.1, 0.15) is 12.3 Å². The summed E-state index contributed by atoms with van der Waals surface area (Å²) in [7, 11) is 0. The third-order valence-corrected chi connectivity index (χ3v) is 5.21. The number of nitrogens with zero attached hydrogens (tertiary/aromatic N) is 3. The van der Waals surface area contributed by atoms with Crippen molar-refractivity contribution in [2.75, 3.05) is 16.8 Å². The van der Waals surface area contributed by atoms with Gasteiger partial charge in [0.2, 0.25) is 0 Å². The van der Waals surface area contributed by atoms with Crippen molar-refractivity contribution in [3.8, 4) is 5.75 Å². The van der Waals surface area contributed by atoms with E-state index in [4.69, 9.17) is 11.6 Å². The SMILES string of the molecule is O=C(Nc1cnccc1CN1CC(=O)N(c2ccc(OC(F)(F)F)cc2)C1=O)c1cccc(Cl)c1. The molecule has 1 N–H and O–H groups in total. The zero-order valence-electron chi connectivity index (χ0n) is 17.8. The van der Waals surface area contributed by atoms with E-state index >= 15 is 0 Å². The summed E-state index contributed by atoms with van der Waals surface area (Å²) in [5.41, 5.74) is 1.28. The number of urea groups is 1. The number of hydrogen-bond acceptors (Lipinski definition) is 5. The highest BCUT2D eigenvalue weighted by Crippen LogP contribution is 2.28. The van der Waals surface area contributed by atoms with Crippen molar-refractivity contribution in [1.29, 1.82) is 0 Å². The molecule has 1 aliphatic heterocycles. The highest BCUT2D eigenvalue weighted by molar-refractivity contribution is 6.31. The Morgan fingerprint density at radius 3 is 2.54 bits per heavy atom. The van der Waals surface area contributed by atoms with Gasteiger partial charge in [-0.15, -0.1) is 13.2 Å². The number of alkyl halides is 3. The lowest BCUT2D eigenvalue weighted by Crippen LogP contribution is -2.33. The monoisotopic (exact) mass is 504 g/mol. The van der Waals surface area contributed by atoms with E-state index in [0.717, 1.165) is 17.0 Å². The lowest BCUT2D eigenvalue weighted by Gasteiger charge is -2.19. The second-order valence-electron chi connectivity index (χ2n) is 7.41. The number of anilines is 2. The van der Waals surface area contributed by atoms with Crippen molar-refractivity contribution < 1.29 is 32.3 Å². The summed E-state index contributed by atoms with van der Waals surface area (Å²) in [5, 5.41) is 3.11. The van der Waals surface area contributed by atoms with Gasteiger partial charge in [-0.3, -0.25) is 14.6 Å². The first kappa shape index (κ1) is 24.0. The van der Waals surface area contributed by atoms with Crippen molar-refractivity contribution in [3.05, 3.63) is 83.1 Å². The third-order valence-electron chi connectivity index (χ3n) is 4.97. The van der Waals surface area contributed by atoms with Gasteiger partial charge < -0.3 is 15.0 Å². The minimum absolute atomic E-state index is 0.0238. The molecule has 35 heavy (non-hydrogen) atoms. The van der Waals surface area contributed by atoms with Crippen molar-refractivity contribution in [1.82, 2.24) is 9.88 Å². The van der Waals surface area contributed by atoms with Crippen LogP contribution in [0, 0.1) is 0 Å². The number of hydrogen-bond donors (Lipinski definition) is 1. The molecule has 1 aliphatic rings. The Hall–Kier alpha value is -4.12.